The summed E-state index contributed by atoms with van der Waals surface area (Å²) in [5.74, 6) is 0.322. The molecule has 0 saturated carbocycles. The van der Waals surface area contributed by atoms with E-state index < -0.39 is 6.36 Å². The molecule has 20 heavy (non-hydrogen) atoms. The average Bonchev–Trinajstić information content (AvgIpc) is 2.88. The SMILES string of the molecule is CC(NCC1CCOC1)c1ccc(OC(F)(F)F)cc1. The van der Waals surface area contributed by atoms with E-state index in [1.54, 1.807) is 12.1 Å². The van der Waals surface area contributed by atoms with Crippen molar-refractivity contribution in [2.75, 3.05) is 19.8 Å². The molecule has 2 unspecified atom stereocenters. The Morgan fingerprint density at radius 1 is 1.35 bits per heavy atom. The number of benzene rings is 1. The van der Waals surface area contributed by atoms with Gasteiger partial charge in [0.05, 0.1) is 6.61 Å². The Balaban J connectivity index is 1.85. The highest BCUT2D eigenvalue weighted by molar-refractivity contribution is 5.29. The van der Waals surface area contributed by atoms with Crippen molar-refractivity contribution >= 4 is 0 Å². The van der Waals surface area contributed by atoms with Gasteiger partial charge in [-0.15, -0.1) is 13.2 Å². The molecule has 3 nitrogen and oxygen atoms in total. The number of alkyl halides is 3. The number of hydrogen-bond acceptors (Lipinski definition) is 3. The van der Waals surface area contributed by atoms with Gasteiger partial charge in [-0.1, -0.05) is 12.1 Å². The molecule has 1 saturated heterocycles. The quantitative estimate of drug-likeness (QED) is 0.902. The minimum Gasteiger partial charge on any atom is -0.406 e. The third-order valence-electron chi connectivity index (χ3n) is 3.35. The molecule has 0 spiro atoms. The lowest BCUT2D eigenvalue weighted by molar-refractivity contribution is -0.274. The molecule has 2 atom stereocenters. The highest BCUT2D eigenvalue weighted by atomic mass is 19.4. The van der Waals surface area contributed by atoms with Crippen molar-refractivity contribution in [3.05, 3.63) is 29.8 Å². The van der Waals surface area contributed by atoms with Crippen LogP contribution < -0.4 is 10.1 Å². The molecule has 1 aromatic carbocycles. The molecular weight excluding hydrogens is 271 g/mol. The molecule has 1 aromatic rings. The third-order valence-corrected chi connectivity index (χ3v) is 3.35. The summed E-state index contributed by atoms with van der Waals surface area (Å²) in [4.78, 5) is 0. The zero-order valence-corrected chi connectivity index (χ0v) is 11.2. The molecule has 0 bridgehead atoms. The van der Waals surface area contributed by atoms with E-state index in [2.05, 4.69) is 10.1 Å². The van der Waals surface area contributed by atoms with Crippen LogP contribution in [0.1, 0.15) is 24.9 Å². The van der Waals surface area contributed by atoms with E-state index in [4.69, 9.17) is 4.74 Å². The standard InChI is InChI=1S/C14H18F3NO2/c1-10(18-8-11-6-7-19-9-11)12-2-4-13(5-3-12)20-14(15,16)17/h2-5,10-11,18H,6-9H2,1H3. The van der Waals surface area contributed by atoms with Crippen molar-refractivity contribution in [1.82, 2.24) is 5.32 Å². The highest BCUT2D eigenvalue weighted by Crippen LogP contribution is 2.24. The fourth-order valence-corrected chi connectivity index (χ4v) is 2.16. The zero-order chi connectivity index (χ0) is 14.6. The number of nitrogens with one attached hydrogen (secondary N) is 1. The average molecular weight is 289 g/mol. The van der Waals surface area contributed by atoms with Gasteiger partial charge in [0.25, 0.3) is 0 Å². The van der Waals surface area contributed by atoms with Gasteiger partial charge < -0.3 is 14.8 Å². The fourth-order valence-electron chi connectivity index (χ4n) is 2.16. The molecule has 2 rings (SSSR count). The molecule has 1 aliphatic rings. The Morgan fingerprint density at radius 2 is 2.05 bits per heavy atom. The van der Waals surface area contributed by atoms with Crippen molar-refractivity contribution in [1.29, 1.82) is 0 Å². The van der Waals surface area contributed by atoms with Gasteiger partial charge in [-0.25, -0.2) is 0 Å². The first-order valence-electron chi connectivity index (χ1n) is 6.61. The second kappa shape index (κ2) is 6.45. The molecule has 112 valence electrons. The van der Waals surface area contributed by atoms with Crippen LogP contribution in [0.25, 0.3) is 0 Å². The van der Waals surface area contributed by atoms with Gasteiger partial charge in [0.1, 0.15) is 5.75 Å². The molecular formula is C14H18F3NO2. The first-order valence-corrected chi connectivity index (χ1v) is 6.61. The van der Waals surface area contributed by atoms with Crippen LogP contribution in [-0.4, -0.2) is 26.1 Å². The Bertz CT molecular complexity index is 413. The summed E-state index contributed by atoms with van der Waals surface area (Å²) >= 11 is 0. The lowest BCUT2D eigenvalue weighted by atomic mass is 10.1. The number of rotatable bonds is 5. The Hall–Kier alpha value is -1.27. The summed E-state index contributed by atoms with van der Waals surface area (Å²) in [5, 5.41) is 3.37. The summed E-state index contributed by atoms with van der Waals surface area (Å²) < 4.78 is 45.3. The minimum atomic E-state index is -4.64. The van der Waals surface area contributed by atoms with Gasteiger partial charge in [0.2, 0.25) is 0 Å². The first kappa shape index (κ1) is 15.1. The van der Waals surface area contributed by atoms with E-state index in [0.29, 0.717) is 5.92 Å². The van der Waals surface area contributed by atoms with Crippen LogP contribution >= 0.6 is 0 Å². The Morgan fingerprint density at radius 3 is 2.60 bits per heavy atom. The number of halogens is 3. The maximum atomic E-state index is 12.0. The van der Waals surface area contributed by atoms with E-state index in [1.807, 2.05) is 6.92 Å². The van der Waals surface area contributed by atoms with Crippen molar-refractivity contribution < 1.29 is 22.6 Å². The smallest absolute Gasteiger partial charge is 0.406 e. The van der Waals surface area contributed by atoms with Gasteiger partial charge in [0.15, 0.2) is 0 Å². The van der Waals surface area contributed by atoms with E-state index in [-0.39, 0.29) is 11.8 Å². The van der Waals surface area contributed by atoms with Crippen molar-refractivity contribution in [3.63, 3.8) is 0 Å². The monoisotopic (exact) mass is 289 g/mol. The lowest BCUT2D eigenvalue weighted by Crippen LogP contribution is -2.26. The van der Waals surface area contributed by atoms with Crippen LogP contribution in [0.3, 0.4) is 0 Å². The summed E-state index contributed by atoms with van der Waals surface area (Å²) in [5.41, 5.74) is 0.929. The Kier molecular flexibility index (Phi) is 4.88. The largest absolute Gasteiger partial charge is 0.573 e. The molecule has 0 amide bonds. The molecule has 1 aliphatic heterocycles. The van der Waals surface area contributed by atoms with Crippen LogP contribution in [0.15, 0.2) is 24.3 Å². The van der Waals surface area contributed by atoms with Crippen molar-refractivity contribution in [2.45, 2.75) is 25.7 Å². The molecule has 0 aromatic heterocycles. The van der Waals surface area contributed by atoms with Gasteiger partial charge >= 0.3 is 6.36 Å². The molecule has 6 heteroatoms. The van der Waals surface area contributed by atoms with E-state index in [9.17, 15) is 13.2 Å². The fraction of sp³-hybridized carbons (Fsp3) is 0.571. The minimum absolute atomic E-state index is 0.0792. The lowest BCUT2D eigenvalue weighted by Gasteiger charge is -2.17. The van der Waals surface area contributed by atoms with E-state index in [0.717, 1.165) is 31.7 Å². The topological polar surface area (TPSA) is 30.5 Å². The van der Waals surface area contributed by atoms with Crippen LogP contribution in [0.2, 0.25) is 0 Å². The summed E-state index contributed by atoms with van der Waals surface area (Å²) in [6, 6.07) is 6.03. The normalized spacial score (nSPS) is 20.9. The predicted molar refractivity (Wildman–Crippen MR) is 68.5 cm³/mol. The molecule has 0 radical (unpaired) electrons. The van der Waals surface area contributed by atoms with Crippen LogP contribution in [0.5, 0.6) is 5.75 Å². The van der Waals surface area contributed by atoms with Gasteiger partial charge in [-0.3, -0.25) is 0 Å². The third kappa shape index (κ3) is 4.68. The summed E-state index contributed by atoms with van der Waals surface area (Å²) in [6.45, 7) is 4.42. The van der Waals surface area contributed by atoms with E-state index in [1.165, 1.54) is 12.1 Å². The Labute approximate surface area is 116 Å². The number of hydrogen-bond donors (Lipinski definition) is 1. The second-order valence-electron chi connectivity index (χ2n) is 4.98. The molecule has 1 N–H and O–H groups in total. The maximum Gasteiger partial charge on any atom is 0.573 e. The summed E-state index contributed by atoms with van der Waals surface area (Å²) in [7, 11) is 0. The van der Waals surface area contributed by atoms with Crippen LogP contribution in [0.4, 0.5) is 13.2 Å². The maximum absolute atomic E-state index is 12.0. The van der Waals surface area contributed by atoms with Gasteiger partial charge in [-0.05, 0) is 37.0 Å². The summed E-state index contributed by atoms with van der Waals surface area (Å²) in [6.07, 6.45) is -3.59. The first-order chi connectivity index (χ1) is 9.44. The molecule has 1 heterocycles. The molecule has 1 fully saturated rings. The molecule has 0 aliphatic carbocycles. The second-order valence-corrected chi connectivity index (χ2v) is 4.98. The van der Waals surface area contributed by atoms with Crippen molar-refractivity contribution in [2.24, 2.45) is 5.92 Å². The zero-order valence-electron chi connectivity index (χ0n) is 11.2. The van der Waals surface area contributed by atoms with Crippen LogP contribution in [-0.2, 0) is 4.74 Å². The van der Waals surface area contributed by atoms with Gasteiger partial charge in [-0.2, -0.15) is 0 Å². The van der Waals surface area contributed by atoms with Gasteiger partial charge in [0, 0.05) is 19.2 Å². The van der Waals surface area contributed by atoms with E-state index >= 15 is 0 Å². The van der Waals surface area contributed by atoms with Crippen LogP contribution in [0, 0.1) is 5.92 Å². The van der Waals surface area contributed by atoms with Crippen molar-refractivity contribution in [3.8, 4) is 5.75 Å². The number of ether oxygens (including phenoxy) is 2. The highest BCUT2D eigenvalue weighted by Gasteiger charge is 2.31. The predicted octanol–water partition coefficient (Wildman–Crippen LogP) is 3.27.